The van der Waals surface area contributed by atoms with E-state index in [2.05, 4.69) is 5.32 Å². The summed E-state index contributed by atoms with van der Waals surface area (Å²) in [6, 6.07) is 12.5. The van der Waals surface area contributed by atoms with Crippen molar-refractivity contribution in [2.75, 3.05) is 10.2 Å². The molecule has 10 heteroatoms. The lowest BCUT2D eigenvalue weighted by Gasteiger charge is -2.36. The number of carbonyl (C=O) groups is 3. The van der Waals surface area contributed by atoms with Crippen LogP contribution in [0.3, 0.4) is 0 Å². The minimum absolute atomic E-state index is 0.206. The van der Waals surface area contributed by atoms with Crippen molar-refractivity contribution < 1.29 is 18.8 Å². The molecule has 1 aromatic heterocycles. The predicted octanol–water partition coefficient (Wildman–Crippen LogP) is 3.94. The summed E-state index contributed by atoms with van der Waals surface area (Å²) in [6.45, 7) is 5.43. The third-order valence-corrected chi connectivity index (χ3v) is 9.25. The third-order valence-electron chi connectivity index (χ3n) is 6.43. The van der Waals surface area contributed by atoms with Gasteiger partial charge in [-0.15, -0.1) is 0 Å². The van der Waals surface area contributed by atoms with Gasteiger partial charge in [-0.1, -0.05) is 54.6 Å². The number of halogens is 1. The van der Waals surface area contributed by atoms with Crippen molar-refractivity contribution in [2.45, 2.75) is 43.0 Å². The topological polar surface area (TPSA) is 88.5 Å². The number of nitrogens with zero attached hydrogens (tertiary/aromatic N) is 2. The summed E-state index contributed by atoms with van der Waals surface area (Å²) in [4.78, 5) is 53.9. The summed E-state index contributed by atoms with van der Waals surface area (Å²) in [7, 11) is 0. The molecule has 5 rings (SSSR count). The van der Waals surface area contributed by atoms with Crippen molar-refractivity contribution in [1.29, 1.82) is 0 Å². The average Bonchev–Trinajstić information content (AvgIpc) is 3.25. The molecule has 3 aromatic rings. The van der Waals surface area contributed by atoms with E-state index in [9.17, 15) is 23.6 Å². The van der Waals surface area contributed by atoms with Crippen LogP contribution in [0.1, 0.15) is 24.3 Å². The number of imide groups is 1. The number of nitrogens with one attached hydrogen (secondary N) is 1. The Kier molecular flexibility index (Phi) is 5.68. The number of aryl methyl sites for hydroxylation is 1. The fraction of sp³-hybridized carbons (Fsp3) is 0.280. The van der Waals surface area contributed by atoms with Crippen LogP contribution in [0.5, 0.6) is 0 Å². The van der Waals surface area contributed by atoms with Gasteiger partial charge in [0, 0.05) is 16.0 Å². The average molecular weight is 512 g/mol. The maximum Gasteiger partial charge on any atom is 0.308 e. The number of hydrogen-bond donors (Lipinski definition) is 1. The molecule has 0 unspecified atom stereocenters. The fourth-order valence-electron chi connectivity index (χ4n) is 4.59. The molecule has 2 aliphatic rings. The van der Waals surface area contributed by atoms with Crippen LogP contribution in [-0.2, 0) is 26.3 Å². The van der Waals surface area contributed by atoms with Gasteiger partial charge in [0.25, 0.3) is 0 Å². The van der Waals surface area contributed by atoms with Gasteiger partial charge in [-0.2, -0.15) is 0 Å². The molecular weight excluding hydrogens is 489 g/mol. The summed E-state index contributed by atoms with van der Waals surface area (Å²) in [5.41, 5.74) is 1.18. The van der Waals surface area contributed by atoms with Crippen molar-refractivity contribution >= 4 is 52.2 Å². The Labute approximate surface area is 208 Å². The van der Waals surface area contributed by atoms with E-state index in [1.165, 1.54) is 28.8 Å². The van der Waals surface area contributed by atoms with Crippen molar-refractivity contribution in [3.63, 3.8) is 0 Å². The molecular formula is C25H22FN3O4S2. The van der Waals surface area contributed by atoms with E-state index >= 15 is 0 Å². The van der Waals surface area contributed by atoms with Crippen LogP contribution in [0.25, 0.3) is 0 Å². The lowest BCUT2D eigenvalue weighted by Crippen LogP contribution is -2.41. The largest absolute Gasteiger partial charge is 0.325 e. The Morgan fingerprint density at radius 3 is 2.34 bits per heavy atom. The number of aromatic nitrogens is 1. The quantitative estimate of drug-likeness (QED) is 0.536. The fourth-order valence-corrected chi connectivity index (χ4v) is 7.63. The first kappa shape index (κ1) is 23.5. The summed E-state index contributed by atoms with van der Waals surface area (Å²) in [5, 5.41) is 2.57. The molecule has 0 spiro atoms. The molecule has 0 aliphatic carbocycles. The van der Waals surface area contributed by atoms with Crippen molar-refractivity contribution in [3.8, 4) is 0 Å². The molecule has 3 heterocycles. The summed E-state index contributed by atoms with van der Waals surface area (Å²) < 4.78 is 14.8. The van der Waals surface area contributed by atoms with E-state index < -0.39 is 28.3 Å². The number of anilines is 2. The number of hydrogen-bond acceptors (Lipinski definition) is 6. The second kappa shape index (κ2) is 8.46. The van der Waals surface area contributed by atoms with Gasteiger partial charge in [-0.3, -0.25) is 23.7 Å². The van der Waals surface area contributed by atoms with Gasteiger partial charge in [-0.25, -0.2) is 9.29 Å². The molecule has 3 amide bonds. The monoisotopic (exact) mass is 511 g/mol. The number of benzene rings is 2. The van der Waals surface area contributed by atoms with Crippen LogP contribution in [0.15, 0.2) is 58.4 Å². The standard InChI is InChI=1S/C25H22FN3O4S2/c1-13-4-8-15(9-5-13)27-17(30)12-28-23-20(35-24(28)33)25(2,3)18-19(34-23)22(32)29(21(18)31)16-10-6-14(26)7-11-16/h4-11,18-19H,12H2,1-3H3,(H,27,30)/t18-,19+/m1/s1. The molecule has 0 radical (unpaired) electrons. The zero-order valence-corrected chi connectivity index (χ0v) is 20.8. The molecule has 1 fully saturated rings. The number of amides is 3. The van der Waals surface area contributed by atoms with Crippen molar-refractivity contribution in [2.24, 2.45) is 5.92 Å². The van der Waals surface area contributed by atoms with Crippen LogP contribution in [0, 0.1) is 18.7 Å². The summed E-state index contributed by atoms with van der Waals surface area (Å²) in [6.07, 6.45) is 0. The van der Waals surface area contributed by atoms with Gasteiger partial charge in [-0.05, 0) is 43.3 Å². The molecule has 180 valence electrons. The third kappa shape index (κ3) is 3.90. The lowest BCUT2D eigenvalue weighted by molar-refractivity contribution is -0.123. The van der Waals surface area contributed by atoms with Gasteiger partial charge in [0.15, 0.2) is 0 Å². The molecule has 2 aromatic carbocycles. The van der Waals surface area contributed by atoms with E-state index in [0.717, 1.165) is 33.6 Å². The highest BCUT2D eigenvalue weighted by molar-refractivity contribution is 8.00. The minimum Gasteiger partial charge on any atom is -0.325 e. The molecule has 35 heavy (non-hydrogen) atoms. The minimum atomic E-state index is -0.810. The van der Waals surface area contributed by atoms with E-state index in [1.807, 2.05) is 32.9 Å². The number of thioether (sulfide) groups is 1. The van der Waals surface area contributed by atoms with Gasteiger partial charge in [0.2, 0.25) is 17.7 Å². The van der Waals surface area contributed by atoms with E-state index in [1.54, 1.807) is 12.1 Å². The SMILES string of the molecule is Cc1ccc(NC(=O)Cn2c3c(sc2=O)C(C)(C)[C@H]2C(=O)N(c4ccc(F)cc4)C(=O)[C@H]2S3)cc1. The second-order valence-electron chi connectivity index (χ2n) is 9.23. The summed E-state index contributed by atoms with van der Waals surface area (Å²) in [5.74, 6) is -2.30. The molecule has 2 atom stereocenters. The first-order chi connectivity index (χ1) is 16.6. The van der Waals surface area contributed by atoms with Crippen molar-refractivity contribution in [1.82, 2.24) is 4.57 Å². The molecule has 2 aliphatic heterocycles. The molecule has 1 saturated heterocycles. The zero-order chi connectivity index (χ0) is 25.1. The maximum atomic E-state index is 13.4. The van der Waals surface area contributed by atoms with Crippen molar-refractivity contribution in [3.05, 3.63) is 74.5 Å². The van der Waals surface area contributed by atoms with Gasteiger partial charge in [0.05, 0.1) is 16.6 Å². The van der Waals surface area contributed by atoms with Gasteiger partial charge >= 0.3 is 4.87 Å². The van der Waals surface area contributed by atoms with Crippen LogP contribution < -0.4 is 15.1 Å². The van der Waals surface area contributed by atoms with E-state index in [0.29, 0.717) is 21.3 Å². The lowest BCUT2D eigenvalue weighted by atomic mass is 9.76. The normalized spacial score (nSPS) is 20.5. The van der Waals surface area contributed by atoms with Crippen LogP contribution in [0.4, 0.5) is 15.8 Å². The highest BCUT2D eigenvalue weighted by atomic mass is 32.2. The Bertz CT molecular complexity index is 1410. The zero-order valence-electron chi connectivity index (χ0n) is 19.2. The summed E-state index contributed by atoms with van der Waals surface area (Å²) >= 11 is 2.15. The van der Waals surface area contributed by atoms with Crippen LogP contribution in [0.2, 0.25) is 0 Å². The Morgan fingerprint density at radius 2 is 1.69 bits per heavy atom. The van der Waals surface area contributed by atoms with E-state index in [4.69, 9.17) is 0 Å². The Balaban J connectivity index is 1.46. The maximum absolute atomic E-state index is 13.4. The van der Waals surface area contributed by atoms with Crippen LogP contribution in [-0.4, -0.2) is 27.5 Å². The predicted molar refractivity (Wildman–Crippen MR) is 133 cm³/mol. The van der Waals surface area contributed by atoms with Gasteiger partial charge < -0.3 is 5.32 Å². The smallest absolute Gasteiger partial charge is 0.308 e. The molecule has 1 N–H and O–H groups in total. The Hall–Kier alpha value is -3.24. The second-order valence-corrected chi connectivity index (χ2v) is 11.3. The first-order valence-corrected chi connectivity index (χ1v) is 12.7. The van der Waals surface area contributed by atoms with Crippen LogP contribution >= 0.6 is 23.1 Å². The van der Waals surface area contributed by atoms with E-state index in [-0.39, 0.29) is 23.2 Å². The van der Waals surface area contributed by atoms with Gasteiger partial charge in [0.1, 0.15) is 17.6 Å². The molecule has 0 bridgehead atoms. The first-order valence-electron chi connectivity index (χ1n) is 11.0. The molecule has 0 saturated carbocycles. The number of thiazole rings is 1. The highest BCUT2D eigenvalue weighted by Gasteiger charge is 2.59. The molecule has 7 nitrogen and oxygen atoms in total. The highest BCUT2D eigenvalue weighted by Crippen LogP contribution is 2.54. The Morgan fingerprint density at radius 1 is 1.03 bits per heavy atom. The number of carbonyl (C=O) groups excluding carboxylic acids is 3. The number of rotatable bonds is 4. The number of fused-ring (bicyclic) bond motifs is 2.